The lowest BCUT2D eigenvalue weighted by atomic mass is 10.1. The molecule has 1 aromatic carbocycles. The van der Waals surface area contributed by atoms with Crippen molar-refractivity contribution in [3.63, 3.8) is 0 Å². The lowest BCUT2D eigenvalue weighted by molar-refractivity contribution is -0.383. The molecule has 21 heavy (non-hydrogen) atoms. The second-order valence-corrected chi connectivity index (χ2v) is 4.75. The Kier molecular flexibility index (Phi) is 4.02. The molecule has 0 atom stereocenters. The van der Waals surface area contributed by atoms with E-state index in [9.17, 15) is 10.1 Å². The Hall–Kier alpha value is -2.70. The summed E-state index contributed by atoms with van der Waals surface area (Å²) in [6, 6.07) is 5.91. The molecule has 0 saturated heterocycles. The van der Waals surface area contributed by atoms with Gasteiger partial charge in [-0.1, -0.05) is 17.7 Å². The number of anilines is 3. The highest BCUT2D eigenvalue weighted by Crippen LogP contribution is 2.35. The first-order valence-corrected chi connectivity index (χ1v) is 6.43. The zero-order valence-electron chi connectivity index (χ0n) is 12.4. The SMILES string of the molecule is CNc1ncnc(N(C)c2ccc(C)cc2C)c1[N+](=O)[O-]. The molecule has 0 aliphatic carbocycles. The third kappa shape index (κ3) is 2.76. The largest absolute Gasteiger partial charge is 0.367 e. The Morgan fingerprint density at radius 1 is 1.29 bits per heavy atom. The standard InChI is InChI=1S/C14H17N5O2/c1-9-5-6-11(10(2)7-9)18(4)14-12(19(20)21)13(15-3)16-8-17-14/h5-8H,1-4H3,(H,15,16,17). The number of aryl methyl sites for hydroxylation is 2. The van der Waals surface area contributed by atoms with E-state index in [0.717, 1.165) is 16.8 Å². The molecule has 0 amide bonds. The smallest absolute Gasteiger partial charge is 0.353 e. The molecule has 1 N–H and O–H groups in total. The maximum Gasteiger partial charge on any atom is 0.353 e. The van der Waals surface area contributed by atoms with Crippen LogP contribution < -0.4 is 10.2 Å². The minimum absolute atomic E-state index is 0.137. The topological polar surface area (TPSA) is 84.2 Å². The summed E-state index contributed by atoms with van der Waals surface area (Å²) in [5.74, 6) is 0.452. The van der Waals surface area contributed by atoms with Crippen LogP contribution in [0.1, 0.15) is 11.1 Å². The van der Waals surface area contributed by atoms with Crippen LogP contribution in [0.4, 0.5) is 23.0 Å². The van der Waals surface area contributed by atoms with Crippen molar-refractivity contribution < 1.29 is 4.92 Å². The number of nitro groups is 1. The molecule has 1 heterocycles. The van der Waals surface area contributed by atoms with E-state index in [1.54, 1.807) is 19.0 Å². The predicted octanol–water partition coefficient (Wildman–Crippen LogP) is 2.81. The van der Waals surface area contributed by atoms with Crippen molar-refractivity contribution in [1.82, 2.24) is 9.97 Å². The highest BCUT2D eigenvalue weighted by atomic mass is 16.6. The molecular weight excluding hydrogens is 270 g/mol. The molecule has 1 aromatic heterocycles. The molecule has 2 aromatic rings. The van der Waals surface area contributed by atoms with Gasteiger partial charge in [0.05, 0.1) is 4.92 Å². The van der Waals surface area contributed by atoms with Crippen LogP contribution in [-0.2, 0) is 0 Å². The Balaban J connectivity index is 2.58. The fourth-order valence-electron chi connectivity index (χ4n) is 2.26. The third-order valence-electron chi connectivity index (χ3n) is 3.25. The van der Waals surface area contributed by atoms with Crippen LogP contribution in [0.25, 0.3) is 0 Å². The zero-order valence-corrected chi connectivity index (χ0v) is 12.4. The van der Waals surface area contributed by atoms with Crippen molar-refractivity contribution in [2.24, 2.45) is 0 Å². The third-order valence-corrected chi connectivity index (χ3v) is 3.25. The Labute approximate surface area is 122 Å². The van der Waals surface area contributed by atoms with E-state index in [-0.39, 0.29) is 17.3 Å². The Morgan fingerprint density at radius 2 is 2.00 bits per heavy atom. The number of hydrogen-bond donors (Lipinski definition) is 1. The number of aromatic nitrogens is 2. The van der Waals surface area contributed by atoms with Crippen LogP contribution >= 0.6 is 0 Å². The number of nitrogens with one attached hydrogen (secondary N) is 1. The minimum atomic E-state index is -0.471. The summed E-state index contributed by atoms with van der Waals surface area (Å²) in [5, 5.41) is 14.1. The molecule has 0 fully saturated rings. The molecule has 0 aliphatic rings. The van der Waals surface area contributed by atoms with Gasteiger partial charge in [0.2, 0.25) is 11.6 Å². The molecule has 7 nitrogen and oxygen atoms in total. The average Bonchev–Trinajstić information content (AvgIpc) is 2.45. The summed E-state index contributed by atoms with van der Waals surface area (Å²) in [6.07, 6.45) is 1.31. The van der Waals surface area contributed by atoms with Crippen molar-refractivity contribution in [3.05, 3.63) is 45.8 Å². The quantitative estimate of drug-likeness (QED) is 0.687. The number of hydrogen-bond acceptors (Lipinski definition) is 6. The number of benzene rings is 1. The van der Waals surface area contributed by atoms with E-state index < -0.39 is 4.92 Å². The maximum atomic E-state index is 11.3. The van der Waals surface area contributed by atoms with Crippen molar-refractivity contribution in [3.8, 4) is 0 Å². The highest BCUT2D eigenvalue weighted by molar-refractivity contribution is 5.76. The van der Waals surface area contributed by atoms with E-state index >= 15 is 0 Å². The number of rotatable bonds is 4. The molecule has 2 rings (SSSR count). The van der Waals surface area contributed by atoms with Gasteiger partial charge in [0.15, 0.2) is 0 Å². The molecule has 0 spiro atoms. The molecular formula is C14H17N5O2. The predicted molar refractivity (Wildman–Crippen MR) is 82.2 cm³/mol. The van der Waals surface area contributed by atoms with E-state index in [4.69, 9.17) is 0 Å². The van der Waals surface area contributed by atoms with Gasteiger partial charge in [0.25, 0.3) is 0 Å². The second-order valence-electron chi connectivity index (χ2n) is 4.75. The highest BCUT2D eigenvalue weighted by Gasteiger charge is 2.26. The van der Waals surface area contributed by atoms with Crippen LogP contribution in [-0.4, -0.2) is 29.0 Å². The molecule has 0 aliphatic heterocycles. The molecule has 110 valence electrons. The second kappa shape index (κ2) is 5.74. The van der Waals surface area contributed by atoms with Crippen molar-refractivity contribution in [1.29, 1.82) is 0 Å². The molecule has 0 bridgehead atoms. The van der Waals surface area contributed by atoms with Crippen molar-refractivity contribution >= 4 is 23.0 Å². The zero-order chi connectivity index (χ0) is 15.6. The van der Waals surface area contributed by atoms with Crippen molar-refractivity contribution in [2.45, 2.75) is 13.8 Å². The van der Waals surface area contributed by atoms with Gasteiger partial charge in [-0.25, -0.2) is 9.97 Å². The monoisotopic (exact) mass is 287 g/mol. The Bertz CT molecular complexity index is 687. The first-order valence-electron chi connectivity index (χ1n) is 6.43. The van der Waals surface area contributed by atoms with Crippen LogP contribution in [0.3, 0.4) is 0 Å². The van der Waals surface area contributed by atoms with Gasteiger partial charge in [-0.15, -0.1) is 0 Å². The summed E-state index contributed by atoms with van der Waals surface area (Å²) in [6.45, 7) is 3.97. The van der Waals surface area contributed by atoms with Gasteiger partial charge < -0.3 is 10.2 Å². The first kappa shape index (κ1) is 14.7. The van der Waals surface area contributed by atoms with E-state index in [1.165, 1.54) is 6.33 Å². The van der Waals surface area contributed by atoms with Gasteiger partial charge in [-0.05, 0) is 25.5 Å². The average molecular weight is 287 g/mol. The van der Waals surface area contributed by atoms with Gasteiger partial charge in [-0.2, -0.15) is 0 Å². The van der Waals surface area contributed by atoms with Crippen LogP contribution in [0.2, 0.25) is 0 Å². The molecule has 0 unspecified atom stereocenters. The Morgan fingerprint density at radius 3 is 2.57 bits per heavy atom. The summed E-state index contributed by atoms with van der Waals surface area (Å²) in [4.78, 5) is 20.6. The lowest BCUT2D eigenvalue weighted by Crippen LogP contribution is -2.16. The van der Waals surface area contributed by atoms with E-state index in [1.807, 2.05) is 32.0 Å². The van der Waals surface area contributed by atoms with Crippen molar-refractivity contribution in [2.75, 3.05) is 24.3 Å². The maximum absolute atomic E-state index is 11.3. The van der Waals surface area contributed by atoms with E-state index in [2.05, 4.69) is 15.3 Å². The van der Waals surface area contributed by atoms with E-state index in [0.29, 0.717) is 0 Å². The lowest BCUT2D eigenvalue weighted by Gasteiger charge is -2.21. The van der Waals surface area contributed by atoms with Gasteiger partial charge in [0, 0.05) is 19.8 Å². The molecule has 0 saturated carbocycles. The minimum Gasteiger partial charge on any atom is -0.367 e. The molecule has 0 radical (unpaired) electrons. The van der Waals surface area contributed by atoms with Gasteiger partial charge in [0.1, 0.15) is 6.33 Å². The van der Waals surface area contributed by atoms with Crippen LogP contribution in [0.5, 0.6) is 0 Å². The fraction of sp³-hybridized carbons (Fsp3) is 0.286. The first-order chi connectivity index (χ1) is 9.95. The van der Waals surface area contributed by atoms with Gasteiger partial charge in [-0.3, -0.25) is 10.1 Å². The summed E-state index contributed by atoms with van der Waals surface area (Å²) < 4.78 is 0. The van der Waals surface area contributed by atoms with Gasteiger partial charge >= 0.3 is 5.69 Å². The van der Waals surface area contributed by atoms with Crippen LogP contribution in [0.15, 0.2) is 24.5 Å². The molecule has 7 heteroatoms. The fourth-order valence-corrected chi connectivity index (χ4v) is 2.26. The van der Waals surface area contributed by atoms with Crippen LogP contribution in [0, 0.1) is 24.0 Å². The number of nitrogens with zero attached hydrogens (tertiary/aromatic N) is 4. The summed E-state index contributed by atoms with van der Waals surface area (Å²) >= 11 is 0. The summed E-state index contributed by atoms with van der Waals surface area (Å²) in [7, 11) is 3.35. The normalized spacial score (nSPS) is 10.3. The summed E-state index contributed by atoms with van der Waals surface area (Å²) in [5.41, 5.74) is 2.89.